The molecular formula is C23H32NO6P. The highest BCUT2D eigenvalue weighted by atomic mass is 31.2. The van der Waals surface area contributed by atoms with Crippen LogP contribution in [0.4, 0.5) is 0 Å². The van der Waals surface area contributed by atoms with Crippen molar-refractivity contribution in [2.75, 3.05) is 26.9 Å². The van der Waals surface area contributed by atoms with Gasteiger partial charge in [-0.05, 0) is 43.1 Å². The average molecular weight is 449 g/mol. The Bertz CT molecular complexity index is 825. The number of cyclic esters (lactones) is 1. The predicted molar refractivity (Wildman–Crippen MR) is 117 cm³/mol. The van der Waals surface area contributed by atoms with Crippen LogP contribution in [0.1, 0.15) is 39.5 Å². The fraction of sp³-hybridized carbons (Fsp3) is 0.652. The number of hydrogen-bond acceptors (Lipinski definition) is 7. The number of esters is 2. The second-order valence-corrected chi connectivity index (χ2v) is 10.7. The molecule has 3 fully saturated rings. The molecule has 0 aromatic carbocycles. The van der Waals surface area contributed by atoms with E-state index in [0.29, 0.717) is 24.7 Å². The van der Waals surface area contributed by atoms with Crippen LogP contribution in [0.15, 0.2) is 36.0 Å². The molecule has 1 saturated heterocycles. The van der Waals surface area contributed by atoms with Gasteiger partial charge in [0.15, 0.2) is 0 Å². The van der Waals surface area contributed by atoms with Gasteiger partial charge in [0.05, 0.1) is 25.4 Å². The van der Waals surface area contributed by atoms with Crippen molar-refractivity contribution >= 4 is 20.5 Å². The summed E-state index contributed by atoms with van der Waals surface area (Å²) in [7, 11) is 0.0623. The van der Waals surface area contributed by atoms with E-state index in [1.807, 2.05) is 12.2 Å². The van der Waals surface area contributed by atoms with E-state index in [0.717, 1.165) is 25.7 Å². The highest BCUT2D eigenvalue weighted by Gasteiger charge is 2.60. The number of fused-ring (bicyclic) bond motifs is 3. The van der Waals surface area contributed by atoms with Gasteiger partial charge in [-0.2, -0.15) is 0 Å². The summed E-state index contributed by atoms with van der Waals surface area (Å²) in [5.74, 6) is 0.0123. The fourth-order valence-corrected chi connectivity index (χ4v) is 7.42. The van der Waals surface area contributed by atoms with Crippen LogP contribution in [0.3, 0.4) is 0 Å². The molecule has 8 heteroatoms. The first-order valence-electron chi connectivity index (χ1n) is 10.9. The lowest BCUT2D eigenvalue weighted by Crippen LogP contribution is -2.59. The maximum Gasteiger partial charge on any atom is 0.338 e. The highest BCUT2D eigenvalue weighted by Crippen LogP contribution is 2.65. The third kappa shape index (κ3) is 4.13. The number of nitrogens with one attached hydrogen (secondary N) is 1. The van der Waals surface area contributed by atoms with E-state index in [9.17, 15) is 9.59 Å². The fourth-order valence-electron chi connectivity index (χ4n) is 5.97. The molecule has 4 aliphatic rings. The molecule has 2 aliphatic heterocycles. The first-order chi connectivity index (χ1) is 14.8. The Morgan fingerprint density at radius 2 is 2.19 bits per heavy atom. The van der Waals surface area contributed by atoms with Crippen LogP contribution in [-0.4, -0.2) is 44.9 Å². The highest BCUT2D eigenvalue weighted by molar-refractivity contribution is 7.45. The van der Waals surface area contributed by atoms with Gasteiger partial charge in [-0.3, -0.25) is 4.79 Å². The van der Waals surface area contributed by atoms with E-state index in [-0.39, 0.29) is 41.3 Å². The van der Waals surface area contributed by atoms with Gasteiger partial charge in [0, 0.05) is 11.3 Å². The van der Waals surface area contributed by atoms with Crippen molar-refractivity contribution in [3.63, 3.8) is 0 Å². The van der Waals surface area contributed by atoms with Crippen molar-refractivity contribution in [1.29, 1.82) is 0 Å². The van der Waals surface area contributed by atoms with Gasteiger partial charge in [-0.15, -0.1) is 0 Å². The maximum absolute atomic E-state index is 11.8. The summed E-state index contributed by atoms with van der Waals surface area (Å²) in [5, 5.41) is 3.05. The van der Waals surface area contributed by atoms with Gasteiger partial charge in [0.25, 0.3) is 8.53 Å². The van der Waals surface area contributed by atoms with Crippen molar-refractivity contribution in [3.05, 3.63) is 36.0 Å². The van der Waals surface area contributed by atoms with Crippen LogP contribution in [0.25, 0.3) is 0 Å². The van der Waals surface area contributed by atoms with Crippen LogP contribution >= 0.6 is 8.53 Å². The standard InChI is InChI=1S/C23H32NO6P/c1-15-5-8-18-22(2,17(15)7-6-16-10-12-28-21(16)26)11-9-19-23(18,3)14-29-31(30-19)24-13-20(25)27-4/h6-7,10,17-19,24H,1,5,8-9,11-14H2,2-4H3/b7-6+/t17?,18?,19-,22-,23+,31?/m1/s1. The molecule has 0 bridgehead atoms. The Kier molecular flexibility index (Phi) is 6.42. The van der Waals surface area contributed by atoms with Crippen molar-refractivity contribution in [2.45, 2.75) is 45.6 Å². The number of hydrogen-bond donors (Lipinski definition) is 1. The van der Waals surface area contributed by atoms with Gasteiger partial charge in [0.1, 0.15) is 13.2 Å². The molecule has 4 rings (SSSR count). The van der Waals surface area contributed by atoms with Crippen molar-refractivity contribution in [1.82, 2.24) is 5.09 Å². The zero-order valence-electron chi connectivity index (χ0n) is 18.5. The second kappa shape index (κ2) is 8.78. The molecule has 31 heavy (non-hydrogen) atoms. The SMILES string of the molecule is C=C1CCC2[C@](C)(CC[C@H]3OP(NCC(=O)OC)OC[C@@]23C)C1/C=C/C1=CCOC1=O. The smallest absolute Gasteiger partial charge is 0.338 e. The van der Waals surface area contributed by atoms with Gasteiger partial charge >= 0.3 is 11.9 Å². The molecule has 3 unspecified atom stereocenters. The molecule has 0 aromatic heterocycles. The molecule has 6 atom stereocenters. The van der Waals surface area contributed by atoms with Crippen molar-refractivity contribution in [2.24, 2.45) is 22.7 Å². The quantitative estimate of drug-likeness (QED) is 0.388. The van der Waals surface area contributed by atoms with Gasteiger partial charge in [-0.1, -0.05) is 38.2 Å². The molecule has 1 N–H and O–H groups in total. The Labute approximate surface area is 185 Å². The van der Waals surface area contributed by atoms with Gasteiger partial charge in [-0.25, -0.2) is 9.88 Å². The Balaban J connectivity index is 1.50. The van der Waals surface area contributed by atoms with E-state index in [4.69, 9.17) is 18.5 Å². The molecule has 170 valence electrons. The van der Waals surface area contributed by atoms with Crippen molar-refractivity contribution < 1.29 is 28.1 Å². The van der Waals surface area contributed by atoms with Crippen LogP contribution < -0.4 is 5.09 Å². The molecular weight excluding hydrogens is 417 g/mol. The summed E-state index contributed by atoms with van der Waals surface area (Å²) >= 11 is 0. The van der Waals surface area contributed by atoms with Crippen LogP contribution in [0.2, 0.25) is 0 Å². The summed E-state index contributed by atoms with van der Waals surface area (Å²) in [5.41, 5.74) is 1.76. The Hall–Kier alpha value is -1.53. The summed E-state index contributed by atoms with van der Waals surface area (Å²) in [4.78, 5) is 23.3. The first-order valence-corrected chi connectivity index (χ1v) is 12.1. The third-order valence-electron chi connectivity index (χ3n) is 7.69. The Morgan fingerprint density at radius 3 is 2.90 bits per heavy atom. The number of rotatable bonds is 5. The van der Waals surface area contributed by atoms with Crippen LogP contribution in [0, 0.1) is 22.7 Å². The molecule has 2 saturated carbocycles. The number of carbonyl (C=O) groups excluding carboxylic acids is 2. The van der Waals surface area contributed by atoms with E-state index in [2.05, 4.69) is 31.6 Å². The van der Waals surface area contributed by atoms with Crippen LogP contribution in [0.5, 0.6) is 0 Å². The van der Waals surface area contributed by atoms with E-state index in [1.54, 1.807) is 0 Å². The molecule has 7 nitrogen and oxygen atoms in total. The maximum atomic E-state index is 11.8. The van der Waals surface area contributed by atoms with E-state index < -0.39 is 8.53 Å². The second-order valence-electron chi connectivity index (χ2n) is 9.43. The molecule has 0 spiro atoms. The minimum atomic E-state index is -1.31. The first kappa shape index (κ1) is 22.7. The number of ether oxygens (including phenoxy) is 2. The van der Waals surface area contributed by atoms with Gasteiger partial charge < -0.3 is 18.5 Å². The van der Waals surface area contributed by atoms with Crippen molar-refractivity contribution in [3.8, 4) is 0 Å². The minimum absolute atomic E-state index is 0.0203. The zero-order chi connectivity index (χ0) is 22.2. The number of allylic oxidation sites excluding steroid dienone is 2. The lowest BCUT2D eigenvalue weighted by molar-refractivity contribution is -0.153. The topological polar surface area (TPSA) is 83.1 Å². The zero-order valence-corrected chi connectivity index (χ0v) is 19.4. The number of carbonyl (C=O) groups is 2. The predicted octanol–water partition coefficient (Wildman–Crippen LogP) is 3.82. The average Bonchev–Trinajstić information content (AvgIpc) is 3.16. The minimum Gasteiger partial charge on any atom is -0.468 e. The molecule has 0 amide bonds. The summed E-state index contributed by atoms with van der Waals surface area (Å²) in [6, 6.07) is 0. The summed E-state index contributed by atoms with van der Waals surface area (Å²) < 4.78 is 22.1. The molecule has 2 aliphatic carbocycles. The summed E-state index contributed by atoms with van der Waals surface area (Å²) in [6.45, 7) is 10.0. The Morgan fingerprint density at radius 1 is 1.39 bits per heavy atom. The monoisotopic (exact) mass is 449 g/mol. The normalized spacial score (nSPS) is 40.2. The van der Waals surface area contributed by atoms with Crippen LogP contribution in [-0.2, 0) is 28.1 Å². The lowest BCUT2D eigenvalue weighted by Gasteiger charge is -2.61. The molecule has 0 aromatic rings. The van der Waals surface area contributed by atoms with E-state index in [1.165, 1.54) is 12.7 Å². The largest absolute Gasteiger partial charge is 0.468 e. The molecule has 0 radical (unpaired) electrons. The third-order valence-corrected chi connectivity index (χ3v) is 8.92. The van der Waals surface area contributed by atoms with E-state index >= 15 is 0 Å². The number of methoxy groups -OCH3 is 1. The van der Waals surface area contributed by atoms with Gasteiger partial charge in [0.2, 0.25) is 0 Å². The molecule has 2 heterocycles. The lowest BCUT2D eigenvalue weighted by atomic mass is 9.46. The summed E-state index contributed by atoms with van der Waals surface area (Å²) in [6.07, 6.45) is 9.93.